The molecule has 0 spiro atoms. The lowest BCUT2D eigenvalue weighted by Gasteiger charge is -2.09. The smallest absolute Gasteiger partial charge is 0.150 e. The lowest BCUT2D eigenvalue weighted by Crippen LogP contribution is -1.92. The van der Waals surface area contributed by atoms with Gasteiger partial charge >= 0.3 is 0 Å². The molecule has 0 radical (unpaired) electrons. The molecule has 18 heavy (non-hydrogen) atoms. The summed E-state index contributed by atoms with van der Waals surface area (Å²) in [5.74, 6) is 0.731. The molecule has 0 atom stereocenters. The van der Waals surface area contributed by atoms with Gasteiger partial charge in [0.2, 0.25) is 0 Å². The van der Waals surface area contributed by atoms with E-state index in [2.05, 4.69) is 0 Å². The maximum absolute atomic E-state index is 11.0. The third kappa shape index (κ3) is 2.54. The van der Waals surface area contributed by atoms with Crippen molar-refractivity contribution < 1.29 is 9.53 Å². The summed E-state index contributed by atoms with van der Waals surface area (Å²) in [5, 5.41) is 0.579. The summed E-state index contributed by atoms with van der Waals surface area (Å²) in [5.41, 5.74) is 2.30. The van der Waals surface area contributed by atoms with Crippen LogP contribution in [-0.4, -0.2) is 12.9 Å². The molecule has 2 nitrogen and oxygen atoms in total. The summed E-state index contributed by atoms with van der Waals surface area (Å²) < 4.78 is 5.38. The third-order valence-electron chi connectivity index (χ3n) is 2.63. The molecule has 0 saturated heterocycles. The van der Waals surface area contributed by atoms with Crippen LogP contribution >= 0.6 is 11.6 Å². The molecule has 0 amide bonds. The van der Waals surface area contributed by atoms with Crippen LogP contribution in [0.1, 0.15) is 17.3 Å². The molecule has 0 aliphatic rings. The second kappa shape index (κ2) is 5.69. The van der Waals surface area contributed by atoms with Gasteiger partial charge in [-0.15, -0.1) is 0 Å². The van der Waals surface area contributed by atoms with Gasteiger partial charge < -0.3 is 4.74 Å². The van der Waals surface area contributed by atoms with E-state index in [0.29, 0.717) is 17.2 Å². The minimum atomic E-state index is 0.579. The third-order valence-corrected chi connectivity index (χ3v) is 2.94. The van der Waals surface area contributed by atoms with Crippen molar-refractivity contribution in [3.63, 3.8) is 0 Å². The van der Waals surface area contributed by atoms with E-state index in [1.165, 1.54) is 0 Å². The highest BCUT2D eigenvalue weighted by Gasteiger charge is 2.08. The zero-order valence-corrected chi connectivity index (χ0v) is 10.8. The number of carbonyl (C=O) groups is 1. The molecular formula is C15H13ClO2. The Balaban J connectivity index is 2.48. The van der Waals surface area contributed by atoms with Gasteiger partial charge in [-0.2, -0.15) is 0 Å². The zero-order valence-electron chi connectivity index (χ0n) is 10.0. The van der Waals surface area contributed by atoms with E-state index in [0.717, 1.165) is 23.2 Å². The van der Waals surface area contributed by atoms with E-state index < -0.39 is 0 Å². The molecule has 2 rings (SSSR count). The van der Waals surface area contributed by atoms with Gasteiger partial charge in [0.1, 0.15) is 5.75 Å². The van der Waals surface area contributed by atoms with Crippen LogP contribution in [0.5, 0.6) is 5.75 Å². The van der Waals surface area contributed by atoms with Crippen molar-refractivity contribution in [2.45, 2.75) is 6.92 Å². The summed E-state index contributed by atoms with van der Waals surface area (Å²) in [6.45, 7) is 2.52. The van der Waals surface area contributed by atoms with E-state index in [-0.39, 0.29) is 0 Å². The number of halogens is 1. The highest BCUT2D eigenvalue weighted by atomic mass is 35.5. The van der Waals surface area contributed by atoms with Crippen LogP contribution in [0.2, 0.25) is 5.02 Å². The van der Waals surface area contributed by atoms with Gasteiger partial charge in [-0.05, 0) is 30.7 Å². The van der Waals surface area contributed by atoms with Gasteiger partial charge in [0.15, 0.2) is 6.29 Å². The fourth-order valence-corrected chi connectivity index (χ4v) is 2.09. The van der Waals surface area contributed by atoms with Crippen LogP contribution in [0.4, 0.5) is 0 Å². The molecule has 3 heteroatoms. The Morgan fingerprint density at radius 1 is 1.17 bits per heavy atom. The van der Waals surface area contributed by atoms with Gasteiger partial charge in [-0.25, -0.2) is 0 Å². The fraction of sp³-hybridized carbons (Fsp3) is 0.133. The van der Waals surface area contributed by atoms with Crippen molar-refractivity contribution in [1.82, 2.24) is 0 Å². The summed E-state index contributed by atoms with van der Waals surface area (Å²) >= 11 is 6.23. The molecular weight excluding hydrogens is 248 g/mol. The van der Waals surface area contributed by atoms with Crippen molar-refractivity contribution in [3.05, 3.63) is 53.1 Å². The van der Waals surface area contributed by atoms with Crippen LogP contribution in [0.15, 0.2) is 42.5 Å². The average molecular weight is 261 g/mol. The Labute approximate surface area is 111 Å². The SMILES string of the molecule is CCOc1ccc(-c2ccccc2C=O)c(Cl)c1. The molecule has 0 bridgehead atoms. The predicted molar refractivity (Wildman–Crippen MR) is 73.4 cm³/mol. The molecule has 0 unspecified atom stereocenters. The summed E-state index contributed by atoms with van der Waals surface area (Å²) in [4.78, 5) is 11.0. The van der Waals surface area contributed by atoms with E-state index in [1.54, 1.807) is 12.1 Å². The number of benzene rings is 2. The number of hydrogen-bond acceptors (Lipinski definition) is 2. The Kier molecular flexibility index (Phi) is 4.00. The first-order chi connectivity index (χ1) is 8.76. The Morgan fingerprint density at radius 2 is 1.94 bits per heavy atom. The van der Waals surface area contributed by atoms with Crippen molar-refractivity contribution in [3.8, 4) is 16.9 Å². The molecule has 0 saturated carbocycles. The van der Waals surface area contributed by atoms with E-state index in [4.69, 9.17) is 16.3 Å². The molecule has 2 aromatic carbocycles. The lowest BCUT2D eigenvalue weighted by atomic mass is 10.0. The van der Waals surface area contributed by atoms with Gasteiger partial charge in [0.05, 0.1) is 11.6 Å². The Morgan fingerprint density at radius 3 is 2.61 bits per heavy atom. The van der Waals surface area contributed by atoms with Crippen LogP contribution in [0.3, 0.4) is 0 Å². The number of hydrogen-bond donors (Lipinski definition) is 0. The summed E-state index contributed by atoms with van der Waals surface area (Å²) in [6, 6.07) is 12.9. The molecule has 0 aliphatic carbocycles. The minimum Gasteiger partial charge on any atom is -0.494 e. The van der Waals surface area contributed by atoms with Crippen LogP contribution in [0, 0.1) is 0 Å². The van der Waals surface area contributed by atoms with E-state index >= 15 is 0 Å². The lowest BCUT2D eigenvalue weighted by molar-refractivity contribution is 0.112. The first kappa shape index (κ1) is 12.7. The van der Waals surface area contributed by atoms with Gasteiger partial charge in [0, 0.05) is 11.1 Å². The number of ether oxygens (including phenoxy) is 1. The van der Waals surface area contributed by atoms with Gasteiger partial charge in [-0.3, -0.25) is 4.79 Å². The van der Waals surface area contributed by atoms with E-state index in [1.807, 2.05) is 37.3 Å². The monoisotopic (exact) mass is 260 g/mol. The molecule has 0 aromatic heterocycles. The molecule has 0 heterocycles. The molecule has 0 aliphatic heterocycles. The zero-order chi connectivity index (χ0) is 13.0. The van der Waals surface area contributed by atoms with Crippen molar-refractivity contribution in [2.75, 3.05) is 6.61 Å². The number of aldehydes is 1. The van der Waals surface area contributed by atoms with Gasteiger partial charge in [0.25, 0.3) is 0 Å². The largest absolute Gasteiger partial charge is 0.494 e. The second-order valence-corrected chi connectivity index (χ2v) is 4.19. The maximum atomic E-state index is 11.0. The van der Waals surface area contributed by atoms with Crippen molar-refractivity contribution in [1.29, 1.82) is 0 Å². The van der Waals surface area contributed by atoms with Crippen LogP contribution < -0.4 is 4.74 Å². The Hall–Kier alpha value is -1.80. The highest BCUT2D eigenvalue weighted by Crippen LogP contribution is 2.32. The summed E-state index contributed by atoms with van der Waals surface area (Å²) in [7, 11) is 0. The van der Waals surface area contributed by atoms with E-state index in [9.17, 15) is 4.79 Å². The Bertz CT molecular complexity index is 564. The highest BCUT2D eigenvalue weighted by molar-refractivity contribution is 6.33. The first-order valence-corrected chi connectivity index (χ1v) is 6.11. The fourth-order valence-electron chi connectivity index (χ4n) is 1.82. The van der Waals surface area contributed by atoms with Crippen molar-refractivity contribution in [2.24, 2.45) is 0 Å². The first-order valence-electron chi connectivity index (χ1n) is 5.73. The minimum absolute atomic E-state index is 0.579. The normalized spacial score (nSPS) is 10.1. The summed E-state index contributed by atoms with van der Waals surface area (Å²) in [6.07, 6.45) is 0.835. The molecule has 92 valence electrons. The number of rotatable bonds is 4. The predicted octanol–water partition coefficient (Wildman–Crippen LogP) is 4.22. The number of carbonyl (C=O) groups excluding carboxylic acids is 1. The second-order valence-electron chi connectivity index (χ2n) is 3.78. The quantitative estimate of drug-likeness (QED) is 0.770. The topological polar surface area (TPSA) is 26.3 Å². The van der Waals surface area contributed by atoms with Crippen LogP contribution in [-0.2, 0) is 0 Å². The van der Waals surface area contributed by atoms with Crippen LogP contribution in [0.25, 0.3) is 11.1 Å². The maximum Gasteiger partial charge on any atom is 0.150 e. The molecule has 0 N–H and O–H groups in total. The average Bonchev–Trinajstić information content (AvgIpc) is 2.39. The molecule has 2 aromatic rings. The van der Waals surface area contributed by atoms with Crippen molar-refractivity contribution >= 4 is 17.9 Å². The van der Waals surface area contributed by atoms with Gasteiger partial charge in [-0.1, -0.05) is 35.9 Å². The molecule has 0 fully saturated rings. The standard InChI is InChI=1S/C15H13ClO2/c1-2-18-12-7-8-14(15(16)9-12)13-6-4-3-5-11(13)10-17/h3-10H,2H2,1H3.